The summed E-state index contributed by atoms with van der Waals surface area (Å²) in [6.07, 6.45) is 2.32. The summed E-state index contributed by atoms with van der Waals surface area (Å²) in [5.41, 5.74) is 0.448. The summed E-state index contributed by atoms with van der Waals surface area (Å²) in [5.74, 6) is 0. The Bertz CT molecular complexity index is 112. The molecule has 0 aromatic rings. The molecule has 1 aliphatic heterocycles. The van der Waals surface area contributed by atoms with Gasteiger partial charge >= 0.3 is 0 Å². The molecule has 1 fully saturated rings. The Hall–Kier alpha value is 0.310. The maximum absolute atomic E-state index is 5.53. The Balaban J connectivity index is 2.40. The van der Waals surface area contributed by atoms with Crippen LogP contribution in [-0.2, 0) is 4.74 Å². The first-order chi connectivity index (χ1) is 4.64. The molecule has 1 nitrogen and oxygen atoms in total. The fraction of sp³-hybridized carbons (Fsp3) is 1.00. The van der Waals surface area contributed by atoms with Crippen LogP contribution in [0.3, 0.4) is 0 Å². The Labute approximate surface area is 67.5 Å². The van der Waals surface area contributed by atoms with Gasteiger partial charge < -0.3 is 4.74 Å². The first kappa shape index (κ1) is 8.41. The zero-order valence-corrected chi connectivity index (χ0v) is 7.83. The highest BCUT2D eigenvalue weighted by molar-refractivity contribution is 8.01. The van der Waals surface area contributed by atoms with Crippen LogP contribution < -0.4 is 0 Å². The highest BCUT2D eigenvalue weighted by Crippen LogP contribution is 2.37. The topological polar surface area (TPSA) is 9.23 Å². The lowest BCUT2D eigenvalue weighted by molar-refractivity contribution is 0.0901. The van der Waals surface area contributed by atoms with E-state index < -0.39 is 0 Å². The van der Waals surface area contributed by atoms with Crippen molar-refractivity contribution in [3.63, 3.8) is 0 Å². The van der Waals surface area contributed by atoms with Gasteiger partial charge in [0.05, 0.1) is 0 Å². The lowest BCUT2D eigenvalue weighted by Gasteiger charge is -2.34. The number of hydrogen-bond acceptors (Lipinski definition) is 2. The van der Waals surface area contributed by atoms with E-state index in [2.05, 4.69) is 20.8 Å². The normalized spacial score (nSPS) is 32.1. The van der Waals surface area contributed by atoms with Crippen molar-refractivity contribution in [2.45, 2.75) is 43.8 Å². The average molecular weight is 160 g/mol. The van der Waals surface area contributed by atoms with E-state index in [0.29, 0.717) is 10.2 Å². The molecule has 0 spiro atoms. The van der Waals surface area contributed by atoms with Crippen molar-refractivity contribution in [3.8, 4) is 0 Å². The van der Waals surface area contributed by atoms with Gasteiger partial charge in [-0.3, -0.25) is 0 Å². The van der Waals surface area contributed by atoms with E-state index >= 15 is 0 Å². The van der Waals surface area contributed by atoms with Crippen LogP contribution in [0.1, 0.15) is 33.6 Å². The SMILES string of the molecule is CCC1OCCC(C)(C)S1. The molecule has 2 heteroatoms. The predicted octanol–water partition coefficient (Wildman–Crippen LogP) is 2.65. The van der Waals surface area contributed by atoms with Crippen molar-refractivity contribution in [1.82, 2.24) is 0 Å². The maximum atomic E-state index is 5.53. The maximum Gasteiger partial charge on any atom is 0.103 e. The first-order valence-electron chi connectivity index (χ1n) is 3.93. The molecular formula is C8H16OS. The molecule has 1 atom stereocenters. The lowest BCUT2D eigenvalue weighted by atomic mass is 10.1. The standard InChI is InChI=1S/C8H16OS/c1-4-7-9-6-5-8(2,3)10-7/h7H,4-6H2,1-3H3. The van der Waals surface area contributed by atoms with E-state index in [1.165, 1.54) is 6.42 Å². The fourth-order valence-corrected chi connectivity index (χ4v) is 2.33. The molecule has 60 valence electrons. The second-order valence-electron chi connectivity index (χ2n) is 3.34. The van der Waals surface area contributed by atoms with Crippen LogP contribution in [0.4, 0.5) is 0 Å². The summed E-state index contributed by atoms with van der Waals surface area (Å²) < 4.78 is 5.97. The Kier molecular flexibility index (Phi) is 2.64. The van der Waals surface area contributed by atoms with E-state index in [9.17, 15) is 0 Å². The molecule has 0 radical (unpaired) electrons. The van der Waals surface area contributed by atoms with Crippen molar-refractivity contribution in [2.24, 2.45) is 0 Å². The summed E-state index contributed by atoms with van der Waals surface area (Å²) in [6.45, 7) is 7.71. The average Bonchev–Trinajstić information content (AvgIpc) is 1.86. The van der Waals surface area contributed by atoms with Gasteiger partial charge in [0.25, 0.3) is 0 Å². The summed E-state index contributed by atoms with van der Waals surface area (Å²) in [6, 6.07) is 0. The van der Waals surface area contributed by atoms with Gasteiger partial charge in [0.2, 0.25) is 0 Å². The molecular weight excluding hydrogens is 144 g/mol. The van der Waals surface area contributed by atoms with Gasteiger partial charge in [-0.25, -0.2) is 0 Å². The molecule has 10 heavy (non-hydrogen) atoms. The van der Waals surface area contributed by atoms with E-state index in [1.54, 1.807) is 0 Å². The number of hydrogen-bond donors (Lipinski definition) is 0. The van der Waals surface area contributed by atoms with E-state index in [-0.39, 0.29) is 0 Å². The minimum Gasteiger partial charge on any atom is -0.368 e. The molecule has 0 amide bonds. The minimum absolute atomic E-state index is 0.443. The molecule has 0 aromatic heterocycles. The summed E-state index contributed by atoms with van der Waals surface area (Å²) in [7, 11) is 0. The summed E-state index contributed by atoms with van der Waals surface area (Å²) in [5, 5.41) is 0. The van der Waals surface area contributed by atoms with Gasteiger partial charge in [-0.2, -0.15) is 0 Å². The van der Waals surface area contributed by atoms with Crippen LogP contribution in [0.5, 0.6) is 0 Å². The molecule has 0 saturated carbocycles. The van der Waals surface area contributed by atoms with Crippen LogP contribution in [-0.4, -0.2) is 16.8 Å². The second-order valence-corrected chi connectivity index (χ2v) is 5.20. The number of ether oxygens (including phenoxy) is 1. The predicted molar refractivity (Wildman–Crippen MR) is 46.3 cm³/mol. The number of rotatable bonds is 1. The second kappa shape index (κ2) is 3.14. The molecule has 1 heterocycles. The first-order valence-corrected chi connectivity index (χ1v) is 4.81. The van der Waals surface area contributed by atoms with E-state index in [1.807, 2.05) is 11.8 Å². The van der Waals surface area contributed by atoms with Crippen LogP contribution in [0.15, 0.2) is 0 Å². The van der Waals surface area contributed by atoms with Crippen LogP contribution >= 0.6 is 11.8 Å². The Morgan fingerprint density at radius 1 is 1.60 bits per heavy atom. The van der Waals surface area contributed by atoms with E-state index in [0.717, 1.165) is 13.0 Å². The van der Waals surface area contributed by atoms with Crippen molar-refractivity contribution < 1.29 is 4.74 Å². The molecule has 1 saturated heterocycles. The molecule has 0 N–H and O–H groups in total. The molecule has 1 unspecified atom stereocenters. The van der Waals surface area contributed by atoms with Gasteiger partial charge in [0.15, 0.2) is 0 Å². The molecule has 1 rings (SSSR count). The largest absolute Gasteiger partial charge is 0.368 e. The lowest BCUT2D eigenvalue weighted by Crippen LogP contribution is -2.29. The van der Waals surface area contributed by atoms with Crippen LogP contribution in [0.2, 0.25) is 0 Å². The quantitative estimate of drug-likeness (QED) is 0.583. The summed E-state index contributed by atoms with van der Waals surface area (Å²) in [4.78, 5) is 0. The molecule has 0 aliphatic carbocycles. The molecule has 0 bridgehead atoms. The third-order valence-corrected chi connectivity index (χ3v) is 3.37. The molecule has 0 aromatic carbocycles. The van der Waals surface area contributed by atoms with Gasteiger partial charge in [0.1, 0.15) is 5.44 Å². The highest BCUT2D eigenvalue weighted by atomic mass is 32.2. The zero-order valence-electron chi connectivity index (χ0n) is 7.02. The van der Waals surface area contributed by atoms with Crippen molar-refractivity contribution in [1.29, 1.82) is 0 Å². The van der Waals surface area contributed by atoms with Crippen molar-refractivity contribution in [3.05, 3.63) is 0 Å². The zero-order chi connectivity index (χ0) is 7.61. The smallest absolute Gasteiger partial charge is 0.103 e. The van der Waals surface area contributed by atoms with Crippen LogP contribution in [0, 0.1) is 0 Å². The Morgan fingerprint density at radius 3 is 2.70 bits per heavy atom. The third-order valence-electron chi connectivity index (χ3n) is 1.79. The fourth-order valence-electron chi connectivity index (χ4n) is 1.09. The van der Waals surface area contributed by atoms with Crippen LogP contribution in [0.25, 0.3) is 0 Å². The summed E-state index contributed by atoms with van der Waals surface area (Å²) >= 11 is 1.97. The third kappa shape index (κ3) is 2.17. The molecule has 1 aliphatic rings. The monoisotopic (exact) mass is 160 g/mol. The number of thioether (sulfide) groups is 1. The highest BCUT2D eigenvalue weighted by Gasteiger charge is 2.27. The van der Waals surface area contributed by atoms with E-state index in [4.69, 9.17) is 4.74 Å². The van der Waals surface area contributed by atoms with Gasteiger partial charge in [-0.1, -0.05) is 20.8 Å². The van der Waals surface area contributed by atoms with Gasteiger partial charge in [0, 0.05) is 11.4 Å². The van der Waals surface area contributed by atoms with Crippen molar-refractivity contribution in [2.75, 3.05) is 6.61 Å². The Morgan fingerprint density at radius 2 is 2.30 bits per heavy atom. The van der Waals surface area contributed by atoms with Gasteiger partial charge in [-0.05, 0) is 12.8 Å². The van der Waals surface area contributed by atoms with Crippen molar-refractivity contribution >= 4 is 11.8 Å². The minimum atomic E-state index is 0.443. The van der Waals surface area contributed by atoms with Gasteiger partial charge in [-0.15, -0.1) is 11.8 Å².